The number of pyridine rings is 1. The molecule has 9 nitrogen and oxygen atoms in total. The predicted molar refractivity (Wildman–Crippen MR) is 116 cm³/mol. The predicted octanol–water partition coefficient (Wildman–Crippen LogP) is 2.20. The van der Waals surface area contributed by atoms with Crippen LogP contribution in [0.15, 0.2) is 72.6 Å². The van der Waals surface area contributed by atoms with Gasteiger partial charge in [0.1, 0.15) is 5.82 Å². The van der Waals surface area contributed by atoms with Gasteiger partial charge in [-0.2, -0.15) is 5.10 Å². The zero-order valence-corrected chi connectivity index (χ0v) is 16.9. The number of piperidine rings is 1. The van der Waals surface area contributed by atoms with E-state index in [9.17, 15) is 4.79 Å². The van der Waals surface area contributed by atoms with Crippen molar-refractivity contribution in [2.75, 3.05) is 18.0 Å². The largest absolute Gasteiger partial charge is 0.355 e. The number of aromatic nitrogens is 7. The number of nitrogens with zero attached hydrogens (tertiary/aromatic N) is 8. The van der Waals surface area contributed by atoms with Crippen LogP contribution in [0, 0.1) is 5.92 Å². The van der Waals surface area contributed by atoms with Crippen molar-refractivity contribution in [3.05, 3.63) is 78.1 Å². The van der Waals surface area contributed by atoms with Gasteiger partial charge in [0, 0.05) is 56.1 Å². The van der Waals surface area contributed by atoms with E-state index >= 15 is 0 Å². The van der Waals surface area contributed by atoms with E-state index in [1.807, 2.05) is 24.4 Å². The summed E-state index contributed by atoms with van der Waals surface area (Å²) in [4.78, 5) is 32.4. The van der Waals surface area contributed by atoms with Crippen LogP contribution in [-0.4, -0.2) is 47.4 Å². The van der Waals surface area contributed by atoms with Gasteiger partial charge in [0.2, 0.25) is 0 Å². The summed E-state index contributed by atoms with van der Waals surface area (Å²) in [5.41, 5.74) is 1.47. The van der Waals surface area contributed by atoms with Gasteiger partial charge in [0.05, 0.1) is 24.4 Å². The Bertz CT molecular complexity index is 1200. The monoisotopic (exact) mass is 414 g/mol. The summed E-state index contributed by atoms with van der Waals surface area (Å²) in [5, 5.41) is 4.22. The first-order chi connectivity index (χ1) is 15.3. The van der Waals surface area contributed by atoms with Crippen LogP contribution in [0.5, 0.6) is 0 Å². The lowest BCUT2D eigenvalue weighted by Gasteiger charge is -2.32. The summed E-state index contributed by atoms with van der Waals surface area (Å²) in [7, 11) is 0. The third kappa shape index (κ3) is 4.20. The molecule has 0 unspecified atom stereocenters. The summed E-state index contributed by atoms with van der Waals surface area (Å²) in [5.74, 6) is 1.98. The minimum Gasteiger partial charge on any atom is -0.355 e. The van der Waals surface area contributed by atoms with E-state index in [4.69, 9.17) is 4.98 Å². The number of rotatable bonds is 5. The Morgan fingerprint density at radius 3 is 2.61 bits per heavy atom. The average Bonchev–Trinajstić information content (AvgIpc) is 3.37. The molecule has 1 aliphatic heterocycles. The fraction of sp³-hybridized carbons (Fsp3) is 0.273. The smallest absolute Gasteiger partial charge is 0.253 e. The second-order valence-corrected chi connectivity index (χ2v) is 7.62. The summed E-state index contributed by atoms with van der Waals surface area (Å²) in [6.07, 6.45) is 14.1. The van der Waals surface area contributed by atoms with Gasteiger partial charge in [0.15, 0.2) is 5.82 Å². The van der Waals surface area contributed by atoms with Crippen molar-refractivity contribution in [1.29, 1.82) is 0 Å². The molecule has 4 aromatic rings. The Labute approximate surface area is 179 Å². The highest BCUT2D eigenvalue weighted by Gasteiger charge is 2.21. The minimum atomic E-state index is -0.0333. The number of anilines is 1. The van der Waals surface area contributed by atoms with Gasteiger partial charge in [-0.1, -0.05) is 0 Å². The quantitative estimate of drug-likeness (QED) is 0.494. The van der Waals surface area contributed by atoms with Crippen LogP contribution in [0.4, 0.5) is 5.82 Å². The first kappa shape index (κ1) is 19.1. The van der Waals surface area contributed by atoms with Crippen molar-refractivity contribution in [1.82, 2.24) is 34.3 Å². The summed E-state index contributed by atoms with van der Waals surface area (Å²) in [6.45, 7) is 2.42. The Morgan fingerprint density at radius 1 is 1.00 bits per heavy atom. The molecule has 9 heteroatoms. The molecule has 0 atom stereocenters. The molecular formula is C22H22N8O. The SMILES string of the molecule is O=c1cc(-c2cccnc2)ncn1CC1CCN(c2cncc(-n3cccn3)n2)CC1. The molecule has 0 N–H and O–H groups in total. The Hall–Kier alpha value is -3.88. The molecule has 31 heavy (non-hydrogen) atoms. The maximum atomic E-state index is 12.6. The normalized spacial score (nSPS) is 14.6. The average molecular weight is 414 g/mol. The highest BCUT2D eigenvalue weighted by Crippen LogP contribution is 2.23. The van der Waals surface area contributed by atoms with Gasteiger partial charge in [-0.15, -0.1) is 0 Å². The van der Waals surface area contributed by atoms with E-state index in [1.54, 1.807) is 52.6 Å². The number of hydrogen-bond donors (Lipinski definition) is 0. The van der Waals surface area contributed by atoms with Gasteiger partial charge < -0.3 is 4.90 Å². The molecule has 0 aliphatic carbocycles. The highest BCUT2D eigenvalue weighted by atomic mass is 16.1. The van der Waals surface area contributed by atoms with E-state index in [-0.39, 0.29) is 5.56 Å². The van der Waals surface area contributed by atoms with Gasteiger partial charge in [-0.25, -0.2) is 14.6 Å². The second kappa shape index (κ2) is 8.47. The fourth-order valence-corrected chi connectivity index (χ4v) is 3.87. The van der Waals surface area contributed by atoms with E-state index in [2.05, 4.69) is 25.0 Å². The summed E-state index contributed by atoms with van der Waals surface area (Å²) >= 11 is 0. The molecule has 0 radical (unpaired) electrons. The molecule has 156 valence electrons. The van der Waals surface area contributed by atoms with E-state index < -0.39 is 0 Å². The molecule has 0 bridgehead atoms. The van der Waals surface area contributed by atoms with E-state index in [0.717, 1.165) is 37.3 Å². The Balaban J connectivity index is 1.23. The van der Waals surface area contributed by atoms with Crippen LogP contribution in [0.1, 0.15) is 12.8 Å². The molecule has 0 amide bonds. The van der Waals surface area contributed by atoms with Gasteiger partial charge >= 0.3 is 0 Å². The molecule has 0 spiro atoms. The summed E-state index contributed by atoms with van der Waals surface area (Å²) < 4.78 is 3.41. The lowest BCUT2D eigenvalue weighted by atomic mass is 9.96. The molecule has 1 fully saturated rings. The van der Waals surface area contributed by atoms with Crippen LogP contribution in [0.3, 0.4) is 0 Å². The van der Waals surface area contributed by atoms with Crippen molar-refractivity contribution in [2.24, 2.45) is 5.92 Å². The topological polar surface area (TPSA) is 94.6 Å². The molecule has 4 aromatic heterocycles. The Kier molecular flexibility index (Phi) is 5.22. The van der Waals surface area contributed by atoms with Gasteiger partial charge in [-0.05, 0) is 37.0 Å². The van der Waals surface area contributed by atoms with Crippen molar-refractivity contribution in [3.8, 4) is 17.1 Å². The molecule has 0 saturated carbocycles. The van der Waals surface area contributed by atoms with Gasteiger partial charge in [0.25, 0.3) is 5.56 Å². The standard InChI is InChI=1S/C22H22N8O/c31-22-11-19(18-3-1-6-23-12-18)25-16-29(22)15-17-4-9-28(10-5-17)20-13-24-14-21(27-20)30-8-2-7-26-30/h1-3,6-8,11-14,16-17H,4-5,9-10,15H2. The first-order valence-electron chi connectivity index (χ1n) is 10.3. The maximum absolute atomic E-state index is 12.6. The van der Waals surface area contributed by atoms with Crippen molar-refractivity contribution in [2.45, 2.75) is 19.4 Å². The van der Waals surface area contributed by atoms with E-state index in [0.29, 0.717) is 24.0 Å². The van der Waals surface area contributed by atoms with Crippen molar-refractivity contribution in [3.63, 3.8) is 0 Å². The zero-order valence-electron chi connectivity index (χ0n) is 16.9. The molecular weight excluding hydrogens is 392 g/mol. The van der Waals surface area contributed by atoms with Crippen LogP contribution in [0.2, 0.25) is 0 Å². The number of hydrogen-bond acceptors (Lipinski definition) is 7. The molecule has 1 aliphatic rings. The zero-order chi connectivity index (χ0) is 21.0. The van der Waals surface area contributed by atoms with Crippen LogP contribution in [-0.2, 0) is 6.54 Å². The first-order valence-corrected chi connectivity index (χ1v) is 10.3. The minimum absolute atomic E-state index is 0.0333. The van der Waals surface area contributed by atoms with Gasteiger partial charge in [-0.3, -0.25) is 19.3 Å². The lowest BCUT2D eigenvalue weighted by molar-refractivity contribution is 0.350. The summed E-state index contributed by atoms with van der Waals surface area (Å²) in [6, 6.07) is 7.19. The van der Waals surface area contributed by atoms with E-state index in [1.165, 1.54) is 0 Å². The molecule has 5 rings (SSSR count). The van der Waals surface area contributed by atoms with Crippen LogP contribution < -0.4 is 10.5 Å². The van der Waals surface area contributed by atoms with Crippen molar-refractivity contribution >= 4 is 5.82 Å². The van der Waals surface area contributed by atoms with Crippen LogP contribution in [0.25, 0.3) is 17.1 Å². The Morgan fingerprint density at radius 2 is 1.87 bits per heavy atom. The third-order valence-corrected chi connectivity index (χ3v) is 5.58. The van der Waals surface area contributed by atoms with Crippen molar-refractivity contribution < 1.29 is 0 Å². The molecule has 1 saturated heterocycles. The van der Waals surface area contributed by atoms with Crippen LogP contribution >= 0.6 is 0 Å². The lowest BCUT2D eigenvalue weighted by Crippen LogP contribution is -2.37. The molecule has 0 aromatic carbocycles. The maximum Gasteiger partial charge on any atom is 0.253 e. The molecule has 5 heterocycles. The highest BCUT2D eigenvalue weighted by molar-refractivity contribution is 5.56. The third-order valence-electron chi connectivity index (χ3n) is 5.58. The fourth-order valence-electron chi connectivity index (χ4n) is 3.87. The second-order valence-electron chi connectivity index (χ2n) is 7.62.